The molecule has 6 nitrogen and oxygen atoms in total. The molecular formula is C20H22N4O2S. The van der Waals surface area contributed by atoms with E-state index in [9.17, 15) is 9.59 Å². The molecule has 1 N–H and O–H groups in total. The molecule has 0 aliphatic carbocycles. The van der Waals surface area contributed by atoms with E-state index in [1.54, 1.807) is 23.7 Å². The Hall–Kier alpha value is -2.80. The fourth-order valence-electron chi connectivity index (χ4n) is 2.88. The molecule has 0 fully saturated rings. The number of carbonyl (C=O) groups excluding carboxylic acids is 2. The van der Waals surface area contributed by atoms with Crippen molar-refractivity contribution in [1.29, 1.82) is 0 Å². The molecule has 0 saturated heterocycles. The van der Waals surface area contributed by atoms with E-state index in [2.05, 4.69) is 15.3 Å². The number of nitrogens with one attached hydrogen (secondary N) is 1. The van der Waals surface area contributed by atoms with E-state index in [1.165, 1.54) is 0 Å². The van der Waals surface area contributed by atoms with Gasteiger partial charge in [0.15, 0.2) is 5.78 Å². The van der Waals surface area contributed by atoms with Crippen LogP contribution in [0.15, 0.2) is 36.8 Å². The smallest absolute Gasteiger partial charge is 0.220 e. The van der Waals surface area contributed by atoms with Crippen LogP contribution in [-0.4, -0.2) is 26.2 Å². The van der Waals surface area contributed by atoms with Crippen LogP contribution in [0.1, 0.15) is 44.3 Å². The van der Waals surface area contributed by atoms with Gasteiger partial charge in [-0.1, -0.05) is 0 Å². The first-order valence-electron chi connectivity index (χ1n) is 8.76. The standard InChI is InChI=1S/C20H22N4O2S/c1-13-10-17(14(2)27-13)18(25)4-5-20(26)23-12-16-6-7-22-19(11-16)24-9-8-21-15(24)3/h6-11H,4-5,12H2,1-3H3,(H,23,26). The van der Waals surface area contributed by atoms with Gasteiger partial charge in [0.1, 0.15) is 11.6 Å². The Morgan fingerprint density at radius 3 is 2.59 bits per heavy atom. The number of ketones is 1. The van der Waals surface area contributed by atoms with E-state index in [1.807, 2.05) is 49.7 Å². The third-order valence-corrected chi connectivity index (χ3v) is 5.26. The summed E-state index contributed by atoms with van der Waals surface area (Å²) in [6, 6.07) is 5.67. The van der Waals surface area contributed by atoms with Crippen molar-refractivity contribution in [2.75, 3.05) is 0 Å². The van der Waals surface area contributed by atoms with Gasteiger partial charge in [-0.3, -0.25) is 14.2 Å². The second kappa shape index (κ2) is 8.26. The minimum atomic E-state index is -0.134. The highest BCUT2D eigenvalue weighted by molar-refractivity contribution is 7.12. The Balaban J connectivity index is 1.53. The van der Waals surface area contributed by atoms with Crippen LogP contribution in [-0.2, 0) is 11.3 Å². The number of nitrogens with zero attached hydrogens (tertiary/aromatic N) is 3. The summed E-state index contributed by atoms with van der Waals surface area (Å²) in [6.07, 6.45) is 5.69. The second-order valence-corrected chi connectivity index (χ2v) is 7.85. The van der Waals surface area contributed by atoms with Gasteiger partial charge in [0.25, 0.3) is 0 Å². The molecule has 3 aromatic heterocycles. The zero-order valence-corrected chi connectivity index (χ0v) is 16.5. The Labute approximate surface area is 162 Å². The lowest BCUT2D eigenvalue weighted by Gasteiger charge is -2.08. The highest BCUT2D eigenvalue weighted by atomic mass is 32.1. The maximum Gasteiger partial charge on any atom is 0.220 e. The molecule has 140 valence electrons. The van der Waals surface area contributed by atoms with E-state index in [-0.39, 0.29) is 24.5 Å². The first-order chi connectivity index (χ1) is 12.9. The summed E-state index contributed by atoms with van der Waals surface area (Å²) in [5.74, 6) is 1.50. The second-order valence-electron chi connectivity index (χ2n) is 6.39. The van der Waals surface area contributed by atoms with Crippen LogP contribution in [0.4, 0.5) is 0 Å². The number of imidazole rings is 1. The predicted molar refractivity (Wildman–Crippen MR) is 105 cm³/mol. The molecule has 7 heteroatoms. The summed E-state index contributed by atoms with van der Waals surface area (Å²) in [5.41, 5.74) is 1.68. The molecule has 3 aromatic rings. The average Bonchev–Trinajstić information content (AvgIpc) is 3.22. The summed E-state index contributed by atoms with van der Waals surface area (Å²) < 4.78 is 1.88. The number of thiophene rings is 1. The van der Waals surface area contributed by atoms with Gasteiger partial charge < -0.3 is 5.32 Å². The van der Waals surface area contributed by atoms with Gasteiger partial charge in [-0.25, -0.2) is 9.97 Å². The van der Waals surface area contributed by atoms with Crippen LogP contribution in [0.25, 0.3) is 5.82 Å². The summed E-state index contributed by atoms with van der Waals surface area (Å²) in [6.45, 7) is 6.22. The monoisotopic (exact) mass is 382 g/mol. The van der Waals surface area contributed by atoms with Crippen LogP contribution >= 0.6 is 11.3 Å². The topological polar surface area (TPSA) is 76.9 Å². The molecule has 0 saturated carbocycles. The first kappa shape index (κ1) is 19.0. The van der Waals surface area contributed by atoms with Crippen LogP contribution in [0, 0.1) is 20.8 Å². The van der Waals surface area contributed by atoms with Crippen molar-refractivity contribution in [3.63, 3.8) is 0 Å². The Bertz CT molecular complexity index is 974. The lowest BCUT2D eigenvalue weighted by atomic mass is 10.1. The van der Waals surface area contributed by atoms with Gasteiger partial charge in [0.2, 0.25) is 5.91 Å². The summed E-state index contributed by atoms with van der Waals surface area (Å²) in [5, 5.41) is 2.87. The van der Waals surface area contributed by atoms with Gasteiger partial charge >= 0.3 is 0 Å². The van der Waals surface area contributed by atoms with Gasteiger partial charge in [-0.15, -0.1) is 11.3 Å². The quantitative estimate of drug-likeness (QED) is 0.634. The molecule has 0 bridgehead atoms. The number of amides is 1. The van der Waals surface area contributed by atoms with Crippen LogP contribution in [0.2, 0.25) is 0 Å². The molecule has 0 aliphatic rings. The Morgan fingerprint density at radius 1 is 1.11 bits per heavy atom. The molecule has 3 heterocycles. The molecule has 0 atom stereocenters. The van der Waals surface area contributed by atoms with Crippen molar-refractivity contribution in [2.24, 2.45) is 0 Å². The molecule has 0 radical (unpaired) electrons. The number of hydrogen-bond acceptors (Lipinski definition) is 5. The molecule has 0 aromatic carbocycles. The molecule has 27 heavy (non-hydrogen) atoms. The van der Waals surface area contributed by atoms with Crippen LogP contribution < -0.4 is 5.32 Å². The number of aryl methyl sites for hydroxylation is 3. The Kier molecular flexibility index (Phi) is 5.81. The number of aromatic nitrogens is 3. The lowest BCUT2D eigenvalue weighted by Crippen LogP contribution is -2.23. The van der Waals surface area contributed by atoms with Crippen molar-refractivity contribution in [1.82, 2.24) is 19.9 Å². The number of Topliss-reactive ketones (excluding diaryl/α,β-unsaturated/α-hetero) is 1. The van der Waals surface area contributed by atoms with Gasteiger partial charge in [0.05, 0.1) is 0 Å². The average molecular weight is 382 g/mol. The molecule has 0 unspecified atom stereocenters. The van der Waals surface area contributed by atoms with Crippen LogP contribution in [0.3, 0.4) is 0 Å². The molecular weight excluding hydrogens is 360 g/mol. The van der Waals surface area contributed by atoms with E-state index < -0.39 is 0 Å². The highest BCUT2D eigenvalue weighted by Gasteiger charge is 2.14. The number of rotatable bonds is 7. The molecule has 1 amide bonds. The summed E-state index contributed by atoms with van der Waals surface area (Å²) in [7, 11) is 0. The lowest BCUT2D eigenvalue weighted by molar-refractivity contribution is -0.121. The van der Waals surface area contributed by atoms with Crippen molar-refractivity contribution >= 4 is 23.0 Å². The molecule has 0 spiro atoms. The SMILES string of the molecule is Cc1cc(C(=O)CCC(=O)NCc2ccnc(-n3ccnc3C)c2)c(C)s1. The van der Waals surface area contributed by atoms with Crippen molar-refractivity contribution < 1.29 is 9.59 Å². The third kappa shape index (κ3) is 4.68. The van der Waals surface area contributed by atoms with Crippen molar-refractivity contribution in [3.8, 4) is 5.82 Å². The third-order valence-electron chi connectivity index (χ3n) is 4.29. The highest BCUT2D eigenvalue weighted by Crippen LogP contribution is 2.22. The van der Waals surface area contributed by atoms with E-state index in [0.717, 1.165) is 32.5 Å². The van der Waals surface area contributed by atoms with E-state index in [0.29, 0.717) is 6.54 Å². The van der Waals surface area contributed by atoms with E-state index in [4.69, 9.17) is 0 Å². The summed E-state index contributed by atoms with van der Waals surface area (Å²) in [4.78, 5) is 35.0. The zero-order chi connectivity index (χ0) is 19.4. The number of hydrogen-bond donors (Lipinski definition) is 1. The zero-order valence-electron chi connectivity index (χ0n) is 15.7. The first-order valence-corrected chi connectivity index (χ1v) is 9.58. The Morgan fingerprint density at radius 2 is 1.93 bits per heavy atom. The minimum Gasteiger partial charge on any atom is -0.352 e. The molecule has 3 rings (SSSR count). The van der Waals surface area contributed by atoms with Crippen molar-refractivity contribution in [2.45, 2.75) is 40.2 Å². The summed E-state index contributed by atoms with van der Waals surface area (Å²) >= 11 is 1.61. The number of carbonyl (C=O) groups is 2. The van der Waals surface area contributed by atoms with Gasteiger partial charge in [-0.05, 0) is 44.5 Å². The maximum absolute atomic E-state index is 12.3. The van der Waals surface area contributed by atoms with E-state index >= 15 is 0 Å². The number of pyridine rings is 1. The predicted octanol–water partition coefficient (Wildman–Crippen LogP) is 3.53. The fourth-order valence-corrected chi connectivity index (χ4v) is 3.82. The molecule has 0 aliphatic heterocycles. The van der Waals surface area contributed by atoms with Crippen molar-refractivity contribution in [3.05, 3.63) is 63.5 Å². The van der Waals surface area contributed by atoms with Gasteiger partial charge in [0, 0.05) is 53.3 Å². The van der Waals surface area contributed by atoms with Crippen LogP contribution in [0.5, 0.6) is 0 Å². The van der Waals surface area contributed by atoms with Gasteiger partial charge in [-0.2, -0.15) is 0 Å². The fraction of sp³-hybridized carbons (Fsp3) is 0.300. The maximum atomic E-state index is 12.3. The minimum absolute atomic E-state index is 0.0220. The normalized spacial score (nSPS) is 10.8. The largest absolute Gasteiger partial charge is 0.352 e.